The number of carbonyl (C=O) groups excluding carboxylic acids is 2. The van der Waals surface area contributed by atoms with Crippen molar-refractivity contribution in [3.05, 3.63) is 14.0 Å². The summed E-state index contributed by atoms with van der Waals surface area (Å²) in [6.45, 7) is 3.85. The molecule has 0 atom stereocenters. The van der Waals surface area contributed by atoms with Gasteiger partial charge in [0.1, 0.15) is 17.0 Å². The predicted molar refractivity (Wildman–Crippen MR) is 76.6 cm³/mol. The molecule has 1 aromatic heterocycles. The normalized spacial score (nSPS) is 9.67. The molecule has 0 aromatic carbocycles. The van der Waals surface area contributed by atoms with Crippen LogP contribution in [-0.2, 0) is 9.53 Å². The van der Waals surface area contributed by atoms with E-state index in [2.05, 4.69) is 5.32 Å². The lowest BCUT2D eigenvalue weighted by molar-refractivity contribution is -0.115. The summed E-state index contributed by atoms with van der Waals surface area (Å²) in [5, 5.41) is 11.4. The van der Waals surface area contributed by atoms with Crippen LogP contribution in [0.5, 0.6) is 0 Å². The number of esters is 1. The van der Waals surface area contributed by atoms with Gasteiger partial charge >= 0.3 is 5.97 Å². The van der Waals surface area contributed by atoms with E-state index in [0.29, 0.717) is 10.6 Å². The maximum Gasteiger partial charge on any atom is 0.342 e. The average Bonchev–Trinajstić information content (AvgIpc) is 2.55. The summed E-state index contributed by atoms with van der Waals surface area (Å²) in [6.07, 6.45) is -0.240. The monoisotopic (exact) mass is 378 g/mol. The summed E-state index contributed by atoms with van der Waals surface area (Å²) in [5.41, 5.74) is 0.367. The number of ether oxygens (including phenoxy) is 1. The van der Waals surface area contributed by atoms with E-state index in [1.165, 1.54) is 11.3 Å². The first-order chi connectivity index (χ1) is 8.51. The molecule has 0 saturated heterocycles. The Morgan fingerprint density at radius 1 is 1.56 bits per heavy atom. The largest absolute Gasteiger partial charge is 0.462 e. The maximum absolute atomic E-state index is 11.8. The standard InChI is InChI=1S/C11H11IN2O3S/c1-3-17-11(16)8-9(12)6(2)18-10(8)14-7(15)4-5-13/h3-4H2,1-2H3,(H,14,15). The Balaban J connectivity index is 3.05. The number of rotatable bonds is 4. The molecule has 1 amide bonds. The lowest BCUT2D eigenvalue weighted by Gasteiger charge is -2.05. The van der Waals surface area contributed by atoms with Crippen molar-refractivity contribution < 1.29 is 14.3 Å². The quantitative estimate of drug-likeness (QED) is 0.646. The zero-order chi connectivity index (χ0) is 13.7. The van der Waals surface area contributed by atoms with Gasteiger partial charge in [-0.15, -0.1) is 11.3 Å². The van der Waals surface area contributed by atoms with E-state index in [4.69, 9.17) is 10.00 Å². The fourth-order valence-corrected chi connectivity index (χ4v) is 3.19. The number of nitriles is 1. The van der Waals surface area contributed by atoms with Gasteiger partial charge in [0.2, 0.25) is 5.91 Å². The number of nitrogens with one attached hydrogen (secondary N) is 1. The molecule has 0 aliphatic carbocycles. The number of thiophene rings is 1. The first-order valence-corrected chi connectivity index (χ1v) is 7.03. The van der Waals surface area contributed by atoms with Crippen LogP contribution in [0.25, 0.3) is 0 Å². The smallest absolute Gasteiger partial charge is 0.342 e. The van der Waals surface area contributed by atoms with Crippen molar-refractivity contribution in [1.29, 1.82) is 5.26 Å². The zero-order valence-corrected chi connectivity index (χ0v) is 12.8. The lowest BCUT2D eigenvalue weighted by atomic mass is 10.3. The van der Waals surface area contributed by atoms with Gasteiger partial charge in [0.15, 0.2) is 0 Å². The SMILES string of the molecule is CCOC(=O)c1c(NC(=O)CC#N)sc(C)c1I. The zero-order valence-electron chi connectivity index (χ0n) is 9.87. The predicted octanol–water partition coefficient (Wildman–Crippen LogP) is 2.69. The molecule has 7 heteroatoms. The van der Waals surface area contributed by atoms with E-state index < -0.39 is 11.9 Å². The Labute approximate surface area is 122 Å². The van der Waals surface area contributed by atoms with Crippen LogP contribution in [0.15, 0.2) is 0 Å². The first-order valence-electron chi connectivity index (χ1n) is 5.14. The maximum atomic E-state index is 11.8. The van der Waals surface area contributed by atoms with Crippen molar-refractivity contribution in [2.45, 2.75) is 20.3 Å². The van der Waals surface area contributed by atoms with Gasteiger partial charge in [0.05, 0.1) is 12.7 Å². The summed E-state index contributed by atoms with van der Waals surface area (Å²) < 4.78 is 5.72. The Hall–Kier alpha value is -1.14. The average molecular weight is 378 g/mol. The van der Waals surface area contributed by atoms with E-state index in [1.54, 1.807) is 13.0 Å². The minimum absolute atomic E-state index is 0.240. The number of carbonyl (C=O) groups is 2. The summed E-state index contributed by atoms with van der Waals surface area (Å²) in [5.74, 6) is -0.890. The molecule has 96 valence electrons. The molecule has 1 aromatic rings. The van der Waals surface area contributed by atoms with Crippen molar-refractivity contribution in [1.82, 2.24) is 0 Å². The molecule has 0 aliphatic rings. The number of anilines is 1. The van der Waals surface area contributed by atoms with Crippen molar-refractivity contribution >= 4 is 50.8 Å². The minimum Gasteiger partial charge on any atom is -0.462 e. The number of aryl methyl sites for hydroxylation is 1. The van der Waals surface area contributed by atoms with E-state index in [9.17, 15) is 9.59 Å². The summed E-state index contributed by atoms with van der Waals surface area (Å²) in [7, 11) is 0. The fraction of sp³-hybridized carbons (Fsp3) is 0.364. The third-order valence-electron chi connectivity index (χ3n) is 1.98. The van der Waals surface area contributed by atoms with E-state index in [1.807, 2.05) is 29.5 Å². The van der Waals surface area contributed by atoms with Crippen molar-refractivity contribution in [2.75, 3.05) is 11.9 Å². The fourth-order valence-electron chi connectivity index (χ4n) is 1.24. The Bertz CT molecular complexity index is 519. The second-order valence-corrected chi connectivity index (χ2v) is 5.58. The highest BCUT2D eigenvalue weighted by molar-refractivity contribution is 14.1. The molecule has 0 bridgehead atoms. The summed E-state index contributed by atoms with van der Waals surface area (Å²) in [6, 6.07) is 1.76. The highest BCUT2D eigenvalue weighted by atomic mass is 127. The molecule has 1 rings (SSSR count). The van der Waals surface area contributed by atoms with E-state index >= 15 is 0 Å². The van der Waals surface area contributed by atoms with Crippen molar-refractivity contribution in [3.8, 4) is 6.07 Å². The number of halogens is 1. The summed E-state index contributed by atoms with van der Waals surface area (Å²) >= 11 is 3.34. The Kier molecular flexibility index (Phi) is 5.55. The van der Waals surface area contributed by atoms with Crippen LogP contribution in [0.3, 0.4) is 0 Å². The highest BCUT2D eigenvalue weighted by Gasteiger charge is 2.22. The second-order valence-electron chi connectivity index (χ2n) is 3.28. The van der Waals surface area contributed by atoms with Crippen LogP contribution in [-0.4, -0.2) is 18.5 Å². The number of hydrogen-bond donors (Lipinski definition) is 1. The van der Waals surface area contributed by atoms with Crippen LogP contribution in [0.1, 0.15) is 28.6 Å². The van der Waals surface area contributed by atoms with Crippen LogP contribution in [0.2, 0.25) is 0 Å². The van der Waals surface area contributed by atoms with Crippen LogP contribution < -0.4 is 5.32 Å². The highest BCUT2D eigenvalue weighted by Crippen LogP contribution is 2.34. The topological polar surface area (TPSA) is 79.2 Å². The third-order valence-corrected chi connectivity index (χ3v) is 4.72. The minimum atomic E-state index is -0.460. The molecular weight excluding hydrogens is 367 g/mol. The molecule has 0 unspecified atom stereocenters. The van der Waals surface area contributed by atoms with Gasteiger partial charge in [-0.05, 0) is 36.4 Å². The molecular formula is C11H11IN2O3S. The van der Waals surface area contributed by atoms with E-state index in [-0.39, 0.29) is 13.0 Å². The number of hydrogen-bond acceptors (Lipinski definition) is 5. The number of amides is 1. The molecule has 0 spiro atoms. The van der Waals surface area contributed by atoms with E-state index in [0.717, 1.165) is 8.45 Å². The molecule has 0 saturated carbocycles. The Morgan fingerprint density at radius 3 is 2.78 bits per heavy atom. The van der Waals surface area contributed by atoms with Crippen LogP contribution in [0, 0.1) is 21.8 Å². The number of nitrogens with zero attached hydrogens (tertiary/aromatic N) is 1. The van der Waals surface area contributed by atoms with Gasteiger partial charge in [0.25, 0.3) is 0 Å². The Morgan fingerprint density at radius 2 is 2.22 bits per heavy atom. The van der Waals surface area contributed by atoms with Gasteiger partial charge in [-0.25, -0.2) is 4.79 Å². The lowest BCUT2D eigenvalue weighted by Crippen LogP contribution is -2.13. The van der Waals surface area contributed by atoms with Gasteiger partial charge in [-0.3, -0.25) is 4.79 Å². The van der Waals surface area contributed by atoms with Crippen LogP contribution >= 0.6 is 33.9 Å². The van der Waals surface area contributed by atoms with Gasteiger partial charge in [-0.2, -0.15) is 5.26 Å². The van der Waals surface area contributed by atoms with Gasteiger partial charge in [-0.1, -0.05) is 0 Å². The molecule has 0 fully saturated rings. The van der Waals surface area contributed by atoms with Crippen LogP contribution in [0.4, 0.5) is 5.00 Å². The third kappa shape index (κ3) is 3.43. The first kappa shape index (κ1) is 14.9. The van der Waals surface area contributed by atoms with Crippen molar-refractivity contribution in [2.24, 2.45) is 0 Å². The second kappa shape index (κ2) is 6.70. The molecule has 5 nitrogen and oxygen atoms in total. The molecule has 18 heavy (non-hydrogen) atoms. The molecule has 1 N–H and O–H groups in total. The molecule has 0 aliphatic heterocycles. The molecule has 1 heterocycles. The van der Waals surface area contributed by atoms with Gasteiger partial charge < -0.3 is 10.1 Å². The van der Waals surface area contributed by atoms with Gasteiger partial charge in [0, 0.05) is 8.45 Å². The van der Waals surface area contributed by atoms with Crippen molar-refractivity contribution in [3.63, 3.8) is 0 Å². The summed E-state index contributed by atoms with van der Waals surface area (Å²) in [4.78, 5) is 24.1. The molecule has 0 radical (unpaired) electrons.